The van der Waals surface area contributed by atoms with E-state index in [9.17, 15) is 4.79 Å². The van der Waals surface area contributed by atoms with Crippen molar-refractivity contribution in [1.29, 1.82) is 0 Å². The fourth-order valence-electron chi connectivity index (χ4n) is 4.56. The Balaban J connectivity index is 1.44. The van der Waals surface area contributed by atoms with Gasteiger partial charge in [-0.25, -0.2) is 0 Å². The van der Waals surface area contributed by atoms with Gasteiger partial charge in [-0.3, -0.25) is 4.79 Å². The van der Waals surface area contributed by atoms with E-state index >= 15 is 0 Å². The molecule has 0 bridgehead atoms. The predicted molar refractivity (Wildman–Crippen MR) is 96.8 cm³/mol. The predicted octanol–water partition coefficient (Wildman–Crippen LogP) is 3.22. The molecule has 1 spiro atoms. The second kappa shape index (κ2) is 6.43. The Morgan fingerprint density at radius 2 is 2.08 bits per heavy atom. The third kappa shape index (κ3) is 3.02. The van der Waals surface area contributed by atoms with Crippen LogP contribution in [0.4, 0.5) is 0 Å². The maximum absolute atomic E-state index is 12.8. The van der Waals surface area contributed by atoms with Crippen LogP contribution in [0.3, 0.4) is 0 Å². The highest BCUT2D eigenvalue weighted by Crippen LogP contribution is 2.37. The van der Waals surface area contributed by atoms with E-state index in [0.29, 0.717) is 6.04 Å². The topological polar surface area (TPSA) is 32.8 Å². The molecule has 4 rings (SSSR count). The average molecular weight is 349 g/mol. The van der Waals surface area contributed by atoms with E-state index in [2.05, 4.69) is 18.7 Å². The number of carbonyl (C=O) groups excluding carboxylic acids is 1. The Morgan fingerprint density at radius 1 is 1.29 bits per heavy atom. The van der Waals surface area contributed by atoms with Gasteiger partial charge in [0.15, 0.2) is 0 Å². The number of nitrogens with zero attached hydrogens (tertiary/aromatic N) is 2. The number of aryl methyl sites for hydroxylation is 2. The van der Waals surface area contributed by atoms with Crippen LogP contribution in [0, 0.1) is 13.8 Å². The summed E-state index contributed by atoms with van der Waals surface area (Å²) in [6, 6.07) is 2.70. The summed E-state index contributed by atoms with van der Waals surface area (Å²) >= 11 is 1.63. The van der Waals surface area contributed by atoms with Crippen molar-refractivity contribution in [1.82, 2.24) is 9.80 Å². The second-order valence-corrected chi connectivity index (χ2v) is 9.00. The molecule has 2 atom stereocenters. The van der Waals surface area contributed by atoms with Crippen LogP contribution < -0.4 is 0 Å². The minimum Gasteiger partial charge on any atom is -0.373 e. The number of ether oxygens (including phenoxy) is 1. The number of likely N-dealkylation sites (tertiary alicyclic amines) is 2. The third-order valence-corrected chi connectivity index (χ3v) is 7.24. The zero-order valence-corrected chi connectivity index (χ0v) is 15.7. The van der Waals surface area contributed by atoms with Crippen LogP contribution in [0.5, 0.6) is 0 Å². The van der Waals surface area contributed by atoms with Gasteiger partial charge in [-0.05, 0) is 70.7 Å². The fraction of sp³-hybridized carbons (Fsp3) is 0.737. The van der Waals surface area contributed by atoms with Crippen LogP contribution in [-0.2, 0) is 4.74 Å². The van der Waals surface area contributed by atoms with E-state index in [4.69, 9.17) is 4.74 Å². The van der Waals surface area contributed by atoms with Gasteiger partial charge in [-0.15, -0.1) is 11.3 Å². The van der Waals surface area contributed by atoms with Crippen molar-refractivity contribution >= 4 is 17.2 Å². The third-order valence-electron chi connectivity index (χ3n) is 6.10. The van der Waals surface area contributed by atoms with Crippen LogP contribution in [-0.4, -0.2) is 60.1 Å². The molecule has 1 aromatic rings. The van der Waals surface area contributed by atoms with E-state index in [1.54, 1.807) is 11.3 Å². The Morgan fingerprint density at radius 3 is 2.79 bits per heavy atom. The van der Waals surface area contributed by atoms with E-state index in [1.807, 2.05) is 11.0 Å². The molecule has 0 aromatic carbocycles. The zero-order valence-electron chi connectivity index (χ0n) is 14.8. The molecule has 3 aliphatic rings. The number of rotatable bonds is 2. The van der Waals surface area contributed by atoms with Crippen molar-refractivity contribution in [3.63, 3.8) is 0 Å². The summed E-state index contributed by atoms with van der Waals surface area (Å²) in [5.41, 5.74) is 1.13. The normalized spacial score (nSPS) is 31.2. The van der Waals surface area contributed by atoms with Gasteiger partial charge in [0, 0.05) is 24.1 Å². The van der Waals surface area contributed by atoms with Gasteiger partial charge in [0.25, 0.3) is 5.91 Å². The summed E-state index contributed by atoms with van der Waals surface area (Å²) in [6.45, 7) is 9.12. The highest BCUT2D eigenvalue weighted by Gasteiger charge is 2.46. The number of carbonyl (C=O) groups is 1. The van der Waals surface area contributed by atoms with Gasteiger partial charge in [0.2, 0.25) is 0 Å². The lowest BCUT2D eigenvalue weighted by atomic mass is 9.89. The van der Waals surface area contributed by atoms with Crippen molar-refractivity contribution in [2.45, 2.75) is 57.6 Å². The smallest absolute Gasteiger partial charge is 0.264 e. The number of hydrogen-bond acceptors (Lipinski definition) is 4. The molecule has 1 aromatic heterocycles. The molecule has 0 radical (unpaired) electrons. The van der Waals surface area contributed by atoms with Gasteiger partial charge in [0.1, 0.15) is 0 Å². The first-order valence-electron chi connectivity index (χ1n) is 9.31. The van der Waals surface area contributed by atoms with Gasteiger partial charge < -0.3 is 14.5 Å². The molecule has 4 heterocycles. The summed E-state index contributed by atoms with van der Waals surface area (Å²) in [4.78, 5) is 19.7. The number of hydrogen-bond donors (Lipinski definition) is 0. The highest BCUT2D eigenvalue weighted by molar-refractivity contribution is 7.14. The van der Waals surface area contributed by atoms with Crippen LogP contribution in [0.25, 0.3) is 0 Å². The second-order valence-electron chi connectivity index (χ2n) is 7.75. The molecule has 0 saturated carbocycles. The average Bonchev–Trinajstić information content (AvgIpc) is 3.29. The van der Waals surface area contributed by atoms with Crippen molar-refractivity contribution < 1.29 is 9.53 Å². The molecule has 0 N–H and O–H groups in total. The summed E-state index contributed by atoms with van der Waals surface area (Å²) in [6.07, 6.45) is 5.92. The molecule has 0 unspecified atom stereocenters. The Bertz CT molecular complexity index is 603. The number of thiophene rings is 1. The first kappa shape index (κ1) is 16.6. The SMILES string of the molecule is Cc1cc(C(=O)N2CC[C@@]3(C[C@@H](N4CCCC4)CCO3)C2)sc1C. The van der Waals surface area contributed by atoms with Gasteiger partial charge in [-0.1, -0.05) is 0 Å². The molecule has 1 amide bonds. The lowest BCUT2D eigenvalue weighted by Gasteiger charge is -2.41. The van der Waals surface area contributed by atoms with E-state index in [1.165, 1.54) is 36.4 Å². The minimum absolute atomic E-state index is 0.0947. The monoisotopic (exact) mass is 348 g/mol. The van der Waals surface area contributed by atoms with E-state index < -0.39 is 0 Å². The van der Waals surface area contributed by atoms with Gasteiger partial charge in [-0.2, -0.15) is 0 Å². The Kier molecular flexibility index (Phi) is 4.43. The first-order valence-corrected chi connectivity index (χ1v) is 10.1. The molecule has 132 valence electrons. The Hall–Kier alpha value is -0.910. The maximum Gasteiger partial charge on any atom is 0.264 e. The van der Waals surface area contributed by atoms with Gasteiger partial charge >= 0.3 is 0 Å². The molecular formula is C19H28N2O2S. The largest absolute Gasteiger partial charge is 0.373 e. The van der Waals surface area contributed by atoms with E-state index in [0.717, 1.165) is 43.8 Å². The lowest BCUT2D eigenvalue weighted by Crippen LogP contribution is -2.49. The molecule has 3 saturated heterocycles. The summed E-state index contributed by atoms with van der Waals surface area (Å²) in [7, 11) is 0. The molecule has 4 nitrogen and oxygen atoms in total. The summed E-state index contributed by atoms with van der Waals surface area (Å²) < 4.78 is 6.24. The summed E-state index contributed by atoms with van der Waals surface area (Å²) in [5, 5.41) is 0. The fourth-order valence-corrected chi connectivity index (χ4v) is 5.56. The van der Waals surface area contributed by atoms with Gasteiger partial charge in [0.05, 0.1) is 17.0 Å². The van der Waals surface area contributed by atoms with Crippen molar-refractivity contribution in [2.75, 3.05) is 32.8 Å². The lowest BCUT2D eigenvalue weighted by molar-refractivity contribution is -0.0946. The van der Waals surface area contributed by atoms with Crippen LogP contribution >= 0.6 is 11.3 Å². The molecule has 24 heavy (non-hydrogen) atoms. The molecule has 3 fully saturated rings. The van der Waals surface area contributed by atoms with Crippen LogP contribution in [0.1, 0.15) is 52.2 Å². The maximum atomic E-state index is 12.8. The minimum atomic E-state index is -0.0947. The van der Waals surface area contributed by atoms with Crippen molar-refractivity contribution in [3.05, 3.63) is 21.4 Å². The molecule has 0 aliphatic carbocycles. The highest BCUT2D eigenvalue weighted by atomic mass is 32.1. The quantitative estimate of drug-likeness (QED) is 0.823. The molecule has 3 aliphatic heterocycles. The Labute approximate surface area is 148 Å². The van der Waals surface area contributed by atoms with Crippen molar-refractivity contribution in [3.8, 4) is 0 Å². The molecular weight excluding hydrogens is 320 g/mol. The number of amides is 1. The molecule has 5 heteroatoms. The van der Waals surface area contributed by atoms with Crippen LogP contribution in [0.15, 0.2) is 6.07 Å². The standard InChI is InChI=1S/C19H28N2O2S/c1-14-11-17(24-15(14)2)18(22)21-9-6-19(13-21)12-16(5-10-23-19)20-7-3-4-8-20/h11,16H,3-10,12-13H2,1-2H3/t16-,19+/m0/s1. The van der Waals surface area contributed by atoms with Crippen LogP contribution in [0.2, 0.25) is 0 Å². The van der Waals surface area contributed by atoms with E-state index in [-0.39, 0.29) is 11.5 Å². The zero-order chi connectivity index (χ0) is 16.7. The summed E-state index contributed by atoms with van der Waals surface area (Å²) in [5.74, 6) is 0.194. The first-order chi connectivity index (χ1) is 11.6. The van der Waals surface area contributed by atoms with Crippen molar-refractivity contribution in [2.24, 2.45) is 0 Å².